The second-order valence-corrected chi connectivity index (χ2v) is 5.77. The molecule has 0 bridgehead atoms. The van der Waals surface area contributed by atoms with E-state index in [4.69, 9.17) is 4.74 Å². The van der Waals surface area contributed by atoms with Crippen LogP contribution in [0.15, 0.2) is 0 Å². The van der Waals surface area contributed by atoms with Gasteiger partial charge >= 0.3 is 6.09 Å². The lowest BCUT2D eigenvalue weighted by Crippen LogP contribution is -2.64. The van der Waals surface area contributed by atoms with Crippen LogP contribution in [-0.4, -0.2) is 52.6 Å². The molecule has 2 heterocycles. The summed E-state index contributed by atoms with van der Waals surface area (Å²) in [5.74, 6) is 0.0985. The first kappa shape index (κ1) is 12.2. The molecule has 2 aliphatic heterocycles. The average Bonchev–Trinajstić information content (AvgIpc) is 2.39. The number of hydrogen-bond acceptors (Lipinski definition) is 3. The molecular weight excluding hydrogens is 220 g/mol. The van der Waals surface area contributed by atoms with Crippen LogP contribution >= 0.6 is 0 Å². The molecule has 2 rings (SSSR count). The van der Waals surface area contributed by atoms with E-state index in [9.17, 15) is 9.59 Å². The Hall–Kier alpha value is -1.26. The van der Waals surface area contributed by atoms with Crippen LogP contribution in [0, 0.1) is 0 Å². The van der Waals surface area contributed by atoms with Crippen LogP contribution < -0.4 is 0 Å². The monoisotopic (exact) mass is 240 g/mol. The van der Waals surface area contributed by atoms with Gasteiger partial charge in [-0.2, -0.15) is 0 Å². The molecule has 0 aliphatic carbocycles. The highest BCUT2D eigenvalue weighted by molar-refractivity contribution is 5.76. The zero-order valence-corrected chi connectivity index (χ0v) is 10.9. The quantitative estimate of drug-likeness (QED) is 0.640. The molecule has 0 saturated carbocycles. The van der Waals surface area contributed by atoms with E-state index in [1.165, 1.54) is 0 Å². The molecule has 5 nitrogen and oxygen atoms in total. The standard InChI is InChI=1S/C12H20N2O3/c1-8(15)13-6-5-9-10(13)7-14(9)11(16)17-12(2,3)4/h9-10H,5-7H2,1-4H3/t9-,10-/m1/s1. The van der Waals surface area contributed by atoms with Crippen LogP contribution in [0.1, 0.15) is 34.1 Å². The van der Waals surface area contributed by atoms with Crippen LogP contribution in [0.4, 0.5) is 4.79 Å². The molecule has 2 aliphatic rings. The van der Waals surface area contributed by atoms with E-state index in [-0.39, 0.29) is 24.1 Å². The summed E-state index contributed by atoms with van der Waals surface area (Å²) in [5, 5.41) is 0. The molecular formula is C12H20N2O3. The fraction of sp³-hybridized carbons (Fsp3) is 0.833. The fourth-order valence-electron chi connectivity index (χ4n) is 2.54. The molecule has 17 heavy (non-hydrogen) atoms. The molecule has 0 aromatic carbocycles. The van der Waals surface area contributed by atoms with Gasteiger partial charge in [0.05, 0.1) is 12.1 Å². The van der Waals surface area contributed by atoms with Gasteiger partial charge in [0.15, 0.2) is 0 Å². The molecule has 2 amide bonds. The summed E-state index contributed by atoms with van der Waals surface area (Å²) in [6.45, 7) is 8.53. The molecule has 2 atom stereocenters. The number of nitrogens with zero attached hydrogens (tertiary/aromatic N) is 2. The van der Waals surface area contributed by atoms with Crippen molar-refractivity contribution in [3.8, 4) is 0 Å². The van der Waals surface area contributed by atoms with Gasteiger partial charge in [-0.1, -0.05) is 0 Å². The lowest BCUT2D eigenvalue weighted by Gasteiger charge is -2.46. The Balaban J connectivity index is 1.93. The van der Waals surface area contributed by atoms with Gasteiger partial charge in [-0.05, 0) is 27.2 Å². The van der Waals surface area contributed by atoms with Crippen LogP contribution in [0.25, 0.3) is 0 Å². The summed E-state index contributed by atoms with van der Waals surface area (Å²) in [7, 11) is 0. The molecule has 5 heteroatoms. The second kappa shape index (κ2) is 3.89. The Morgan fingerprint density at radius 3 is 2.35 bits per heavy atom. The van der Waals surface area contributed by atoms with Crippen molar-refractivity contribution in [1.29, 1.82) is 0 Å². The lowest BCUT2D eigenvalue weighted by molar-refractivity contribution is -0.132. The first-order valence-electron chi connectivity index (χ1n) is 6.06. The fourth-order valence-corrected chi connectivity index (χ4v) is 2.54. The van der Waals surface area contributed by atoms with Gasteiger partial charge in [-0.25, -0.2) is 4.79 Å². The van der Waals surface area contributed by atoms with Gasteiger partial charge in [0.2, 0.25) is 5.91 Å². The van der Waals surface area contributed by atoms with Gasteiger partial charge < -0.3 is 14.5 Å². The van der Waals surface area contributed by atoms with Crippen LogP contribution in [0.5, 0.6) is 0 Å². The van der Waals surface area contributed by atoms with Crippen molar-refractivity contribution < 1.29 is 14.3 Å². The van der Waals surface area contributed by atoms with E-state index in [2.05, 4.69) is 0 Å². The van der Waals surface area contributed by atoms with Crippen molar-refractivity contribution in [2.24, 2.45) is 0 Å². The predicted molar refractivity (Wildman–Crippen MR) is 62.5 cm³/mol. The normalized spacial score (nSPS) is 27.5. The highest BCUT2D eigenvalue weighted by Gasteiger charge is 2.50. The van der Waals surface area contributed by atoms with Gasteiger partial charge in [0, 0.05) is 20.0 Å². The summed E-state index contributed by atoms with van der Waals surface area (Å²) >= 11 is 0. The highest BCUT2D eigenvalue weighted by Crippen LogP contribution is 2.33. The van der Waals surface area contributed by atoms with E-state index < -0.39 is 5.60 Å². The third-order valence-corrected chi connectivity index (χ3v) is 3.33. The summed E-state index contributed by atoms with van der Waals surface area (Å²) < 4.78 is 5.33. The van der Waals surface area contributed by atoms with Crippen molar-refractivity contribution in [2.75, 3.05) is 13.1 Å². The van der Waals surface area contributed by atoms with Crippen LogP contribution in [0.3, 0.4) is 0 Å². The number of rotatable bonds is 0. The van der Waals surface area contributed by atoms with Gasteiger partial charge in [0.1, 0.15) is 5.60 Å². The smallest absolute Gasteiger partial charge is 0.410 e. The summed E-state index contributed by atoms with van der Waals surface area (Å²) in [5.41, 5.74) is -0.457. The number of fused-ring (bicyclic) bond motifs is 1. The maximum atomic E-state index is 11.9. The summed E-state index contributed by atoms with van der Waals surface area (Å²) in [4.78, 5) is 26.8. The molecule has 2 fully saturated rings. The van der Waals surface area contributed by atoms with E-state index in [1.54, 1.807) is 11.8 Å². The zero-order chi connectivity index (χ0) is 12.8. The maximum Gasteiger partial charge on any atom is 0.410 e. The summed E-state index contributed by atoms with van der Waals surface area (Å²) in [6.07, 6.45) is 0.605. The molecule has 0 unspecified atom stereocenters. The Bertz CT molecular complexity index is 348. The maximum absolute atomic E-state index is 11.9. The van der Waals surface area contributed by atoms with E-state index >= 15 is 0 Å². The van der Waals surface area contributed by atoms with E-state index in [0.717, 1.165) is 13.0 Å². The minimum Gasteiger partial charge on any atom is -0.444 e. The average molecular weight is 240 g/mol. The third kappa shape index (κ3) is 2.23. The number of ether oxygens (including phenoxy) is 1. The molecule has 96 valence electrons. The Morgan fingerprint density at radius 1 is 1.18 bits per heavy atom. The molecule has 2 saturated heterocycles. The van der Waals surface area contributed by atoms with Crippen molar-refractivity contribution >= 4 is 12.0 Å². The molecule has 0 aromatic heterocycles. The molecule has 0 N–H and O–H groups in total. The first-order chi connectivity index (χ1) is 7.79. The summed E-state index contributed by atoms with van der Waals surface area (Å²) in [6, 6.07) is 0.369. The molecule has 0 aromatic rings. The Kier molecular flexibility index (Phi) is 2.79. The number of carbonyl (C=O) groups excluding carboxylic acids is 2. The van der Waals surface area contributed by atoms with Gasteiger partial charge in [-0.3, -0.25) is 4.79 Å². The predicted octanol–water partition coefficient (Wildman–Crippen LogP) is 1.23. The van der Waals surface area contributed by atoms with Gasteiger partial charge in [-0.15, -0.1) is 0 Å². The largest absolute Gasteiger partial charge is 0.444 e. The van der Waals surface area contributed by atoms with Crippen molar-refractivity contribution in [3.63, 3.8) is 0 Å². The van der Waals surface area contributed by atoms with Crippen LogP contribution in [-0.2, 0) is 9.53 Å². The number of amides is 2. The second-order valence-electron chi connectivity index (χ2n) is 5.77. The zero-order valence-electron chi connectivity index (χ0n) is 10.9. The third-order valence-electron chi connectivity index (χ3n) is 3.33. The van der Waals surface area contributed by atoms with Crippen molar-refractivity contribution in [3.05, 3.63) is 0 Å². The van der Waals surface area contributed by atoms with Crippen LogP contribution in [0.2, 0.25) is 0 Å². The Morgan fingerprint density at radius 2 is 1.82 bits per heavy atom. The van der Waals surface area contributed by atoms with E-state index in [1.807, 2.05) is 25.7 Å². The number of carbonyl (C=O) groups is 2. The minimum absolute atomic E-state index is 0.0985. The SMILES string of the molecule is CC(=O)N1CC[C@@H]2[C@H]1CN2C(=O)OC(C)(C)C. The van der Waals surface area contributed by atoms with Crippen molar-refractivity contribution in [1.82, 2.24) is 9.80 Å². The van der Waals surface area contributed by atoms with Gasteiger partial charge in [0.25, 0.3) is 0 Å². The molecule has 0 radical (unpaired) electrons. The number of likely N-dealkylation sites (tertiary alicyclic amines) is 2. The lowest BCUT2D eigenvalue weighted by atomic mass is 9.98. The first-order valence-corrected chi connectivity index (χ1v) is 6.06. The molecule has 0 spiro atoms. The van der Waals surface area contributed by atoms with E-state index in [0.29, 0.717) is 6.54 Å². The number of hydrogen-bond donors (Lipinski definition) is 0. The minimum atomic E-state index is -0.457. The topological polar surface area (TPSA) is 49.9 Å². The Labute approximate surface area is 102 Å². The highest BCUT2D eigenvalue weighted by atomic mass is 16.6. The van der Waals surface area contributed by atoms with Crippen molar-refractivity contribution in [2.45, 2.75) is 51.8 Å².